The highest BCUT2D eigenvalue weighted by molar-refractivity contribution is 9.10. The molecule has 0 radical (unpaired) electrons. The lowest BCUT2D eigenvalue weighted by Gasteiger charge is -2.07. The first-order valence-corrected chi connectivity index (χ1v) is 6.27. The molecule has 1 aromatic heterocycles. The number of hydrogen-bond acceptors (Lipinski definition) is 2. The molecule has 0 amide bonds. The molecule has 0 spiro atoms. The van der Waals surface area contributed by atoms with Crippen LogP contribution < -0.4 is 4.74 Å². The summed E-state index contributed by atoms with van der Waals surface area (Å²) in [4.78, 5) is 0. The molecular weight excluding hydrogens is 284 g/mol. The van der Waals surface area contributed by atoms with Crippen molar-refractivity contribution in [1.82, 2.24) is 0 Å². The molecule has 0 saturated heterocycles. The molecule has 2 aromatic rings. The highest BCUT2D eigenvalue weighted by Gasteiger charge is 2.11. The Morgan fingerprint density at radius 3 is 3.07 bits per heavy atom. The van der Waals surface area contributed by atoms with Gasteiger partial charge in [-0.1, -0.05) is 11.6 Å². The molecule has 0 aliphatic heterocycles. The lowest BCUT2D eigenvalue weighted by molar-refractivity contribution is 0.343. The van der Waals surface area contributed by atoms with E-state index < -0.39 is 0 Å². The Hall–Kier alpha value is -0.250. The van der Waals surface area contributed by atoms with Crippen LogP contribution in [0.15, 0.2) is 22.0 Å². The first-order chi connectivity index (χ1) is 6.74. The molecular formula is C10H8BrClOS. The number of rotatable bonds is 2. The maximum absolute atomic E-state index is 6.10. The molecule has 0 unspecified atom stereocenters. The number of fused-ring (bicyclic) bond motifs is 1. The molecule has 1 heterocycles. The fourth-order valence-corrected chi connectivity index (χ4v) is 3.36. The van der Waals surface area contributed by atoms with Crippen LogP contribution in [0.2, 0.25) is 5.02 Å². The van der Waals surface area contributed by atoms with E-state index in [1.54, 1.807) is 11.3 Å². The van der Waals surface area contributed by atoms with Crippen molar-refractivity contribution in [3.63, 3.8) is 0 Å². The summed E-state index contributed by atoms with van der Waals surface area (Å²) in [6.07, 6.45) is 0. The second kappa shape index (κ2) is 4.09. The topological polar surface area (TPSA) is 9.23 Å². The van der Waals surface area contributed by atoms with Gasteiger partial charge in [0, 0.05) is 5.39 Å². The van der Waals surface area contributed by atoms with Gasteiger partial charge in [-0.05, 0) is 40.4 Å². The maximum Gasteiger partial charge on any atom is 0.151 e. The third-order valence-corrected chi connectivity index (χ3v) is 3.70. The van der Waals surface area contributed by atoms with Gasteiger partial charge in [0.25, 0.3) is 0 Å². The van der Waals surface area contributed by atoms with Gasteiger partial charge in [0.2, 0.25) is 0 Å². The summed E-state index contributed by atoms with van der Waals surface area (Å²) >= 11 is 11.2. The third-order valence-electron chi connectivity index (χ3n) is 1.89. The second-order valence-corrected chi connectivity index (χ2v) is 4.94. The van der Waals surface area contributed by atoms with Crippen LogP contribution in [-0.4, -0.2) is 6.61 Å². The van der Waals surface area contributed by atoms with Gasteiger partial charge in [-0.15, -0.1) is 11.3 Å². The van der Waals surface area contributed by atoms with Crippen LogP contribution in [0.5, 0.6) is 5.75 Å². The van der Waals surface area contributed by atoms with Crippen molar-refractivity contribution in [2.75, 3.05) is 6.61 Å². The average molecular weight is 292 g/mol. The van der Waals surface area contributed by atoms with Crippen molar-refractivity contribution < 1.29 is 4.74 Å². The standard InChI is InChI=1S/C10H8BrClOS/c1-2-13-9-7(11)5-8(12)6-3-4-14-10(6)9/h3-5H,2H2,1H3. The van der Waals surface area contributed by atoms with Crippen molar-refractivity contribution in [1.29, 1.82) is 0 Å². The van der Waals surface area contributed by atoms with E-state index in [0.717, 1.165) is 25.3 Å². The predicted molar refractivity (Wildman–Crippen MR) is 65.7 cm³/mol. The van der Waals surface area contributed by atoms with Crippen LogP contribution in [0.3, 0.4) is 0 Å². The average Bonchev–Trinajstić information content (AvgIpc) is 2.60. The van der Waals surface area contributed by atoms with Crippen molar-refractivity contribution >= 4 is 49.0 Å². The van der Waals surface area contributed by atoms with Gasteiger partial charge < -0.3 is 4.74 Å². The van der Waals surface area contributed by atoms with Gasteiger partial charge in [-0.3, -0.25) is 0 Å². The summed E-state index contributed by atoms with van der Waals surface area (Å²) in [6.45, 7) is 2.63. The van der Waals surface area contributed by atoms with Crippen LogP contribution in [-0.2, 0) is 0 Å². The zero-order valence-electron chi connectivity index (χ0n) is 7.51. The maximum atomic E-state index is 6.10. The first-order valence-electron chi connectivity index (χ1n) is 4.22. The van der Waals surface area contributed by atoms with Crippen LogP contribution in [0, 0.1) is 0 Å². The van der Waals surface area contributed by atoms with E-state index in [1.165, 1.54) is 0 Å². The number of thiophene rings is 1. The summed E-state index contributed by atoms with van der Waals surface area (Å²) in [6, 6.07) is 3.89. The fourth-order valence-electron chi connectivity index (χ4n) is 1.32. The van der Waals surface area contributed by atoms with E-state index in [0.29, 0.717) is 6.61 Å². The highest BCUT2D eigenvalue weighted by atomic mass is 79.9. The first kappa shape index (κ1) is 10.3. The van der Waals surface area contributed by atoms with Crippen molar-refractivity contribution in [2.24, 2.45) is 0 Å². The van der Waals surface area contributed by atoms with Gasteiger partial charge >= 0.3 is 0 Å². The lowest BCUT2D eigenvalue weighted by atomic mass is 10.2. The SMILES string of the molecule is CCOc1c(Br)cc(Cl)c2ccsc12. The molecule has 4 heteroatoms. The highest BCUT2D eigenvalue weighted by Crippen LogP contribution is 2.41. The van der Waals surface area contributed by atoms with Gasteiger partial charge in [-0.25, -0.2) is 0 Å². The lowest BCUT2D eigenvalue weighted by Crippen LogP contribution is -1.92. The molecule has 1 aromatic carbocycles. The molecule has 0 bridgehead atoms. The van der Waals surface area contributed by atoms with Crippen LogP contribution in [0.4, 0.5) is 0 Å². The smallest absolute Gasteiger partial charge is 0.151 e. The number of halogens is 2. The summed E-state index contributed by atoms with van der Waals surface area (Å²) in [7, 11) is 0. The quantitative estimate of drug-likeness (QED) is 0.778. The normalized spacial score (nSPS) is 10.8. The molecule has 2 rings (SSSR count). The van der Waals surface area contributed by atoms with Crippen LogP contribution in [0.1, 0.15) is 6.92 Å². The Kier molecular flexibility index (Phi) is 3.00. The van der Waals surface area contributed by atoms with Crippen LogP contribution in [0.25, 0.3) is 10.1 Å². The third kappa shape index (κ3) is 1.64. The van der Waals surface area contributed by atoms with Crippen molar-refractivity contribution in [2.45, 2.75) is 6.92 Å². The summed E-state index contributed by atoms with van der Waals surface area (Å²) in [5.41, 5.74) is 0. The molecule has 0 fully saturated rings. The predicted octanol–water partition coefficient (Wildman–Crippen LogP) is 4.72. The second-order valence-electron chi connectivity index (χ2n) is 2.77. The minimum Gasteiger partial charge on any atom is -0.491 e. The minimum atomic E-state index is 0.660. The summed E-state index contributed by atoms with van der Waals surface area (Å²) in [5, 5.41) is 3.84. The Labute approximate surface area is 99.8 Å². The molecule has 0 atom stereocenters. The molecule has 0 aliphatic carbocycles. The number of ether oxygens (including phenoxy) is 1. The van der Waals surface area contributed by atoms with E-state index in [2.05, 4.69) is 15.9 Å². The van der Waals surface area contributed by atoms with E-state index >= 15 is 0 Å². The van der Waals surface area contributed by atoms with Crippen molar-refractivity contribution in [3.05, 3.63) is 27.0 Å². The van der Waals surface area contributed by atoms with E-state index in [9.17, 15) is 0 Å². The minimum absolute atomic E-state index is 0.660. The number of benzene rings is 1. The fraction of sp³-hybridized carbons (Fsp3) is 0.200. The van der Waals surface area contributed by atoms with E-state index in [-0.39, 0.29) is 0 Å². The zero-order chi connectivity index (χ0) is 10.1. The Bertz CT molecular complexity index is 466. The van der Waals surface area contributed by atoms with Crippen molar-refractivity contribution in [3.8, 4) is 5.75 Å². The molecule has 0 saturated carbocycles. The Morgan fingerprint density at radius 1 is 1.57 bits per heavy atom. The van der Waals surface area contributed by atoms with E-state index in [4.69, 9.17) is 16.3 Å². The summed E-state index contributed by atoms with van der Waals surface area (Å²) < 4.78 is 7.59. The monoisotopic (exact) mass is 290 g/mol. The molecule has 14 heavy (non-hydrogen) atoms. The Morgan fingerprint density at radius 2 is 2.36 bits per heavy atom. The molecule has 0 N–H and O–H groups in total. The molecule has 0 aliphatic rings. The Balaban J connectivity index is 2.73. The molecule has 74 valence electrons. The van der Waals surface area contributed by atoms with Gasteiger partial charge in [-0.2, -0.15) is 0 Å². The van der Waals surface area contributed by atoms with E-state index in [1.807, 2.05) is 24.4 Å². The largest absolute Gasteiger partial charge is 0.491 e. The zero-order valence-corrected chi connectivity index (χ0v) is 10.7. The molecule has 1 nitrogen and oxygen atoms in total. The number of hydrogen-bond donors (Lipinski definition) is 0. The summed E-state index contributed by atoms with van der Waals surface area (Å²) in [5.74, 6) is 0.891. The van der Waals surface area contributed by atoms with Gasteiger partial charge in [0.1, 0.15) is 0 Å². The van der Waals surface area contributed by atoms with Gasteiger partial charge in [0.05, 0.1) is 20.8 Å². The van der Waals surface area contributed by atoms with Gasteiger partial charge in [0.15, 0.2) is 5.75 Å². The van der Waals surface area contributed by atoms with Crippen LogP contribution >= 0.6 is 38.9 Å².